The van der Waals surface area contributed by atoms with Crippen LogP contribution >= 0.6 is 0 Å². The van der Waals surface area contributed by atoms with Crippen LogP contribution < -0.4 is 9.80 Å². The molecule has 2 aliphatic heterocycles. The zero-order chi connectivity index (χ0) is 19.9. The lowest BCUT2D eigenvalue weighted by molar-refractivity contribution is 0.0584. The average molecular weight is 365 g/mol. The van der Waals surface area contributed by atoms with E-state index in [4.69, 9.17) is 4.74 Å². The molecule has 0 atom stereocenters. The largest absolute Gasteiger partial charge is 0.443 e. The van der Waals surface area contributed by atoms with Crippen LogP contribution in [0.25, 0.3) is 0 Å². The molecule has 1 fully saturated rings. The van der Waals surface area contributed by atoms with Gasteiger partial charge in [-0.25, -0.2) is 4.79 Å². The summed E-state index contributed by atoms with van der Waals surface area (Å²) in [5.74, 6) is 0. The van der Waals surface area contributed by atoms with Crippen LogP contribution in [0.5, 0.6) is 0 Å². The van der Waals surface area contributed by atoms with Crippen LogP contribution in [0.3, 0.4) is 0 Å². The normalized spacial score (nSPS) is 15.8. The first-order valence-corrected chi connectivity index (χ1v) is 9.82. The third-order valence-corrected chi connectivity index (χ3v) is 3.82. The number of nitrogens with zero attached hydrogens (tertiary/aromatic N) is 2. The van der Waals surface area contributed by atoms with Gasteiger partial charge in [0, 0.05) is 30.9 Å². The molecule has 0 radical (unpaired) electrons. The summed E-state index contributed by atoms with van der Waals surface area (Å²) in [6, 6.07) is 5.98. The summed E-state index contributed by atoms with van der Waals surface area (Å²) < 4.78 is 5.47. The van der Waals surface area contributed by atoms with Gasteiger partial charge in [-0.05, 0) is 39.3 Å². The maximum Gasteiger partial charge on any atom is 0.414 e. The van der Waals surface area contributed by atoms with Crippen molar-refractivity contribution in [3.63, 3.8) is 0 Å². The Morgan fingerprint density at radius 1 is 1.19 bits per heavy atom. The first-order valence-electron chi connectivity index (χ1n) is 9.82. The number of carbonyl (C=O) groups excluding carboxylic acids is 1. The maximum atomic E-state index is 12.3. The van der Waals surface area contributed by atoms with Gasteiger partial charge in [0.2, 0.25) is 0 Å². The molecule has 0 aliphatic carbocycles. The van der Waals surface area contributed by atoms with E-state index in [-0.39, 0.29) is 12.2 Å². The minimum Gasteiger partial charge on any atom is -0.443 e. The lowest BCUT2D eigenvalue weighted by Crippen LogP contribution is -2.51. The number of hydrogen-bond donors (Lipinski definition) is 1. The number of fused-ring (bicyclic) bond motifs is 1. The predicted molar refractivity (Wildman–Crippen MR) is 109 cm³/mol. The second-order valence-corrected chi connectivity index (χ2v) is 7.42. The van der Waals surface area contributed by atoms with E-state index in [9.17, 15) is 9.90 Å². The third kappa shape index (κ3) is 5.63. The summed E-state index contributed by atoms with van der Waals surface area (Å²) in [5.41, 5.74) is 2.75. The summed E-state index contributed by atoms with van der Waals surface area (Å²) in [4.78, 5) is 16.2. The van der Waals surface area contributed by atoms with Gasteiger partial charge in [-0.1, -0.05) is 40.2 Å². The van der Waals surface area contributed by atoms with Crippen molar-refractivity contribution in [3.8, 4) is 0 Å². The fraction of sp³-hybridized carbons (Fsp3) is 0.667. The molecular formula is C21H36N2O3. The van der Waals surface area contributed by atoms with Crippen molar-refractivity contribution in [1.82, 2.24) is 0 Å². The molecule has 0 spiro atoms. The molecule has 1 aromatic rings. The average Bonchev–Trinajstić information content (AvgIpc) is 2.97. The van der Waals surface area contributed by atoms with Crippen molar-refractivity contribution < 1.29 is 14.6 Å². The number of hydrogen-bond acceptors (Lipinski definition) is 4. The fourth-order valence-corrected chi connectivity index (χ4v) is 2.87. The van der Waals surface area contributed by atoms with E-state index in [0.29, 0.717) is 19.6 Å². The standard InChI is InChI=1S/C16H22N2O3.C3H8.C2H6/c1-16(2,3)21-15(20)18-8-7-12-13(5-4-6-14(12)18)17-9-11(19)10-17;1-3-2;1-2/h4-6,11,19H,7-10H2,1-3H3;3H2,1-2H3;1-2H3. The van der Waals surface area contributed by atoms with Crippen LogP contribution in [0.2, 0.25) is 0 Å². The first kappa shape index (κ1) is 22.3. The summed E-state index contributed by atoms with van der Waals surface area (Å²) in [6.45, 7) is 15.9. The van der Waals surface area contributed by atoms with Crippen molar-refractivity contribution in [3.05, 3.63) is 23.8 Å². The number of anilines is 2. The van der Waals surface area contributed by atoms with Crippen LogP contribution in [0.15, 0.2) is 18.2 Å². The van der Waals surface area contributed by atoms with E-state index in [1.54, 1.807) is 4.90 Å². The molecule has 0 aromatic heterocycles. The van der Waals surface area contributed by atoms with Gasteiger partial charge in [-0.15, -0.1) is 0 Å². The Labute approximate surface area is 158 Å². The zero-order valence-corrected chi connectivity index (χ0v) is 17.5. The van der Waals surface area contributed by atoms with Gasteiger partial charge in [0.05, 0.1) is 11.8 Å². The Morgan fingerprint density at radius 2 is 1.73 bits per heavy atom. The number of aliphatic hydroxyl groups excluding tert-OH is 1. The molecule has 26 heavy (non-hydrogen) atoms. The first-order chi connectivity index (χ1) is 12.3. The number of β-amino-alcohol motifs (C(OH)–C–C–N with tert-alkyl or cyclic N) is 1. The van der Waals surface area contributed by atoms with E-state index >= 15 is 0 Å². The molecule has 1 saturated heterocycles. The second-order valence-electron chi connectivity index (χ2n) is 7.42. The van der Waals surface area contributed by atoms with Gasteiger partial charge in [-0.3, -0.25) is 4.90 Å². The Kier molecular flexibility index (Phi) is 8.41. The molecule has 1 aromatic carbocycles. The number of aliphatic hydroxyl groups is 1. The number of rotatable bonds is 1. The van der Waals surface area contributed by atoms with Gasteiger partial charge < -0.3 is 14.7 Å². The van der Waals surface area contributed by atoms with E-state index in [2.05, 4.69) is 24.8 Å². The minimum absolute atomic E-state index is 0.232. The van der Waals surface area contributed by atoms with Crippen molar-refractivity contribution in [2.24, 2.45) is 0 Å². The van der Waals surface area contributed by atoms with Crippen LogP contribution in [0.1, 0.15) is 60.5 Å². The maximum absolute atomic E-state index is 12.3. The van der Waals surface area contributed by atoms with E-state index in [1.165, 1.54) is 12.0 Å². The van der Waals surface area contributed by atoms with Crippen molar-refractivity contribution in [1.29, 1.82) is 0 Å². The van der Waals surface area contributed by atoms with E-state index < -0.39 is 5.60 Å². The van der Waals surface area contributed by atoms with Gasteiger partial charge in [0.1, 0.15) is 5.60 Å². The molecule has 1 N–H and O–H groups in total. The highest BCUT2D eigenvalue weighted by Crippen LogP contribution is 2.37. The summed E-state index contributed by atoms with van der Waals surface area (Å²) >= 11 is 0. The molecule has 5 nitrogen and oxygen atoms in total. The third-order valence-electron chi connectivity index (χ3n) is 3.82. The lowest BCUT2D eigenvalue weighted by atomic mass is 10.0. The molecule has 0 saturated carbocycles. The van der Waals surface area contributed by atoms with Gasteiger partial charge in [0.25, 0.3) is 0 Å². The van der Waals surface area contributed by atoms with Gasteiger partial charge in [-0.2, -0.15) is 0 Å². The number of ether oxygens (including phenoxy) is 1. The quantitative estimate of drug-likeness (QED) is 0.791. The highest BCUT2D eigenvalue weighted by molar-refractivity contribution is 5.92. The number of carbonyl (C=O) groups is 1. The SMILES string of the molecule is CC.CC(C)(C)OC(=O)N1CCc2c(N3CC(O)C3)cccc21.CCC. The zero-order valence-electron chi connectivity index (χ0n) is 17.5. The Morgan fingerprint density at radius 3 is 2.23 bits per heavy atom. The Bertz CT molecular complexity index is 575. The number of amides is 1. The molecular weight excluding hydrogens is 328 g/mol. The fourth-order valence-electron chi connectivity index (χ4n) is 2.87. The molecule has 148 valence electrons. The highest BCUT2D eigenvalue weighted by atomic mass is 16.6. The Balaban J connectivity index is 0.000000615. The molecule has 2 heterocycles. The van der Waals surface area contributed by atoms with Crippen molar-refractivity contribution >= 4 is 17.5 Å². The predicted octanol–water partition coefficient (Wildman–Crippen LogP) is 4.61. The monoisotopic (exact) mass is 364 g/mol. The summed E-state index contributed by atoms with van der Waals surface area (Å²) in [5, 5.41) is 9.47. The van der Waals surface area contributed by atoms with Crippen LogP contribution in [-0.4, -0.2) is 42.5 Å². The van der Waals surface area contributed by atoms with E-state index in [1.807, 2.05) is 46.8 Å². The molecule has 1 amide bonds. The smallest absolute Gasteiger partial charge is 0.414 e. The molecule has 3 rings (SSSR count). The van der Waals surface area contributed by atoms with Crippen LogP contribution in [0.4, 0.5) is 16.2 Å². The number of benzene rings is 1. The second kappa shape index (κ2) is 9.81. The highest BCUT2D eigenvalue weighted by Gasteiger charge is 2.33. The summed E-state index contributed by atoms with van der Waals surface area (Å²) in [7, 11) is 0. The van der Waals surface area contributed by atoms with Crippen molar-refractivity contribution in [2.45, 2.75) is 73.0 Å². The lowest BCUT2D eigenvalue weighted by Gasteiger charge is -2.39. The molecule has 5 heteroatoms. The minimum atomic E-state index is -0.487. The van der Waals surface area contributed by atoms with Crippen LogP contribution in [-0.2, 0) is 11.2 Å². The molecule has 2 aliphatic rings. The van der Waals surface area contributed by atoms with Crippen LogP contribution in [0, 0.1) is 0 Å². The molecule has 0 unspecified atom stereocenters. The van der Waals surface area contributed by atoms with Crippen molar-refractivity contribution in [2.75, 3.05) is 29.4 Å². The van der Waals surface area contributed by atoms with Gasteiger partial charge >= 0.3 is 6.09 Å². The summed E-state index contributed by atoms with van der Waals surface area (Å²) in [6.07, 6.45) is 1.56. The van der Waals surface area contributed by atoms with E-state index in [0.717, 1.165) is 17.8 Å². The molecule has 0 bridgehead atoms. The Hall–Kier alpha value is -1.75. The van der Waals surface area contributed by atoms with Gasteiger partial charge in [0.15, 0.2) is 0 Å². The topological polar surface area (TPSA) is 53.0 Å².